The number of nitrogens with one attached hydrogen (secondary N) is 2. The summed E-state index contributed by atoms with van der Waals surface area (Å²) in [7, 11) is 0. The molecule has 1 aliphatic heterocycles. The Hall–Kier alpha value is -2.21. The van der Waals surface area contributed by atoms with Crippen molar-refractivity contribution in [2.75, 3.05) is 13.2 Å². The minimum atomic E-state index is -0.297. The second-order valence-corrected chi connectivity index (χ2v) is 5.57. The average Bonchev–Trinajstić information content (AvgIpc) is 2.48. The number of rotatable bonds is 2. The Morgan fingerprint density at radius 1 is 1.29 bits per heavy atom. The number of nitrogens with zero attached hydrogens (tertiary/aromatic N) is 1. The third-order valence-corrected chi connectivity index (χ3v) is 3.92. The van der Waals surface area contributed by atoms with Crippen LogP contribution in [0.25, 0.3) is 10.8 Å². The van der Waals surface area contributed by atoms with E-state index in [1.165, 1.54) is 0 Å². The predicted molar refractivity (Wildman–Crippen MR) is 78.3 cm³/mol. The van der Waals surface area contributed by atoms with Crippen molar-refractivity contribution in [3.8, 4) is 0 Å². The van der Waals surface area contributed by atoms with Crippen molar-refractivity contribution in [3.05, 3.63) is 40.3 Å². The van der Waals surface area contributed by atoms with Crippen molar-refractivity contribution in [1.82, 2.24) is 15.5 Å². The number of ether oxygens (including phenoxy) is 1. The summed E-state index contributed by atoms with van der Waals surface area (Å²) in [6.45, 7) is 3.27. The van der Waals surface area contributed by atoms with Crippen LogP contribution >= 0.6 is 0 Å². The van der Waals surface area contributed by atoms with Gasteiger partial charge in [-0.05, 0) is 25.8 Å². The quantitative estimate of drug-likeness (QED) is 0.870. The smallest absolute Gasteiger partial charge is 0.272 e. The third-order valence-electron chi connectivity index (χ3n) is 3.92. The van der Waals surface area contributed by atoms with Crippen LogP contribution < -0.4 is 10.9 Å². The lowest BCUT2D eigenvalue weighted by Crippen LogP contribution is -2.49. The molecular weight excluding hydrogens is 270 g/mol. The molecule has 1 aliphatic rings. The normalized spacial score (nSPS) is 17.6. The van der Waals surface area contributed by atoms with Crippen LogP contribution in [0.4, 0.5) is 0 Å². The number of hydrogen-bond donors (Lipinski definition) is 2. The van der Waals surface area contributed by atoms with Crippen molar-refractivity contribution in [3.63, 3.8) is 0 Å². The molecule has 0 aliphatic carbocycles. The molecule has 0 bridgehead atoms. The summed E-state index contributed by atoms with van der Waals surface area (Å²) < 4.78 is 5.32. The minimum absolute atomic E-state index is 0.248. The van der Waals surface area contributed by atoms with Gasteiger partial charge in [-0.3, -0.25) is 9.59 Å². The monoisotopic (exact) mass is 287 g/mol. The van der Waals surface area contributed by atoms with Gasteiger partial charge in [0.15, 0.2) is 5.69 Å². The summed E-state index contributed by atoms with van der Waals surface area (Å²) >= 11 is 0. The van der Waals surface area contributed by atoms with Gasteiger partial charge in [-0.2, -0.15) is 5.10 Å². The van der Waals surface area contributed by atoms with E-state index < -0.39 is 0 Å². The molecule has 1 aromatic heterocycles. The lowest BCUT2D eigenvalue weighted by molar-refractivity contribution is 0.0421. The van der Waals surface area contributed by atoms with Gasteiger partial charge < -0.3 is 10.1 Å². The van der Waals surface area contributed by atoms with Crippen molar-refractivity contribution >= 4 is 16.7 Å². The van der Waals surface area contributed by atoms with Crippen LogP contribution in [-0.2, 0) is 4.74 Å². The van der Waals surface area contributed by atoms with Crippen molar-refractivity contribution in [1.29, 1.82) is 0 Å². The third kappa shape index (κ3) is 2.67. The highest BCUT2D eigenvalue weighted by molar-refractivity contribution is 6.04. The fraction of sp³-hybridized carbons (Fsp3) is 0.400. The molecule has 2 aromatic rings. The van der Waals surface area contributed by atoms with E-state index in [0.29, 0.717) is 24.0 Å². The SMILES string of the molecule is CC1(NC(=O)c2n[nH]c(=O)c3ccccc23)CCOCC1. The summed E-state index contributed by atoms with van der Waals surface area (Å²) in [5.41, 5.74) is -0.341. The van der Waals surface area contributed by atoms with E-state index in [4.69, 9.17) is 4.74 Å². The van der Waals surface area contributed by atoms with E-state index in [2.05, 4.69) is 15.5 Å². The maximum Gasteiger partial charge on any atom is 0.272 e. The number of hydrogen-bond acceptors (Lipinski definition) is 4. The van der Waals surface area contributed by atoms with Crippen LogP contribution in [0.1, 0.15) is 30.3 Å². The van der Waals surface area contributed by atoms with Crippen LogP contribution in [0.3, 0.4) is 0 Å². The second kappa shape index (κ2) is 5.29. The van der Waals surface area contributed by atoms with E-state index in [1.807, 2.05) is 6.92 Å². The molecule has 2 N–H and O–H groups in total. The van der Waals surface area contributed by atoms with E-state index in [-0.39, 0.29) is 22.7 Å². The molecule has 6 heteroatoms. The number of carbonyl (C=O) groups is 1. The molecule has 0 saturated carbocycles. The van der Waals surface area contributed by atoms with Gasteiger partial charge in [0, 0.05) is 24.1 Å². The fourth-order valence-corrected chi connectivity index (χ4v) is 2.57. The van der Waals surface area contributed by atoms with Gasteiger partial charge in [0.05, 0.1) is 5.39 Å². The van der Waals surface area contributed by atoms with Gasteiger partial charge >= 0.3 is 0 Å². The molecule has 2 heterocycles. The van der Waals surface area contributed by atoms with Gasteiger partial charge in [-0.15, -0.1) is 0 Å². The zero-order valence-corrected chi connectivity index (χ0v) is 11.8. The summed E-state index contributed by atoms with van der Waals surface area (Å²) in [5, 5.41) is 10.4. The van der Waals surface area contributed by atoms with Crippen LogP contribution in [0, 0.1) is 0 Å². The Labute approximate surface area is 121 Å². The van der Waals surface area contributed by atoms with Gasteiger partial charge in [0.2, 0.25) is 0 Å². The first kappa shape index (κ1) is 13.8. The summed E-state index contributed by atoms with van der Waals surface area (Å²) in [6, 6.07) is 6.97. The molecule has 1 fully saturated rings. The Balaban J connectivity index is 1.95. The highest BCUT2D eigenvalue weighted by Crippen LogP contribution is 2.21. The van der Waals surface area contributed by atoms with E-state index >= 15 is 0 Å². The molecule has 6 nitrogen and oxygen atoms in total. The highest BCUT2D eigenvalue weighted by atomic mass is 16.5. The number of fused-ring (bicyclic) bond motifs is 1. The van der Waals surface area contributed by atoms with Crippen molar-refractivity contribution < 1.29 is 9.53 Å². The molecule has 0 spiro atoms. The van der Waals surface area contributed by atoms with E-state index in [0.717, 1.165) is 12.8 Å². The molecule has 3 rings (SSSR count). The average molecular weight is 287 g/mol. The molecule has 0 unspecified atom stereocenters. The predicted octanol–water partition coefficient (Wildman–Crippen LogP) is 1.22. The van der Waals surface area contributed by atoms with Gasteiger partial charge in [-0.25, -0.2) is 5.10 Å². The standard InChI is InChI=1S/C15H17N3O3/c1-15(6-8-21-9-7-15)16-14(20)12-10-4-2-3-5-11(10)13(19)18-17-12/h2-5H,6-9H2,1H3,(H,16,20)(H,18,19). The zero-order valence-electron chi connectivity index (χ0n) is 11.8. The molecule has 110 valence electrons. The van der Waals surface area contributed by atoms with Gasteiger partial charge in [0.1, 0.15) is 0 Å². The maximum absolute atomic E-state index is 12.5. The first-order chi connectivity index (χ1) is 10.1. The largest absolute Gasteiger partial charge is 0.381 e. The number of amides is 1. The van der Waals surface area contributed by atoms with E-state index in [9.17, 15) is 9.59 Å². The van der Waals surface area contributed by atoms with Crippen LogP contribution in [0.5, 0.6) is 0 Å². The summed E-state index contributed by atoms with van der Waals surface area (Å²) in [5.74, 6) is -0.271. The minimum Gasteiger partial charge on any atom is -0.381 e. The number of aromatic nitrogens is 2. The Kier molecular flexibility index (Phi) is 3.47. The lowest BCUT2D eigenvalue weighted by atomic mass is 9.92. The fourth-order valence-electron chi connectivity index (χ4n) is 2.57. The Bertz CT molecular complexity index is 732. The van der Waals surface area contributed by atoms with Crippen LogP contribution in [-0.4, -0.2) is 34.9 Å². The highest BCUT2D eigenvalue weighted by Gasteiger charge is 2.30. The lowest BCUT2D eigenvalue weighted by Gasteiger charge is -2.34. The van der Waals surface area contributed by atoms with Crippen molar-refractivity contribution in [2.45, 2.75) is 25.3 Å². The zero-order chi connectivity index (χ0) is 14.9. The van der Waals surface area contributed by atoms with Crippen LogP contribution in [0.2, 0.25) is 0 Å². The molecule has 0 atom stereocenters. The molecule has 1 saturated heterocycles. The number of benzene rings is 1. The molecule has 1 aromatic carbocycles. The number of H-pyrrole nitrogens is 1. The molecular formula is C15H17N3O3. The summed E-state index contributed by atoms with van der Waals surface area (Å²) in [4.78, 5) is 24.2. The molecule has 0 radical (unpaired) electrons. The van der Waals surface area contributed by atoms with Crippen molar-refractivity contribution in [2.24, 2.45) is 0 Å². The van der Waals surface area contributed by atoms with Crippen LogP contribution in [0.15, 0.2) is 29.1 Å². The Morgan fingerprint density at radius 3 is 2.67 bits per heavy atom. The first-order valence-corrected chi connectivity index (χ1v) is 6.97. The second-order valence-electron chi connectivity index (χ2n) is 5.57. The molecule has 1 amide bonds. The number of aromatic amines is 1. The maximum atomic E-state index is 12.5. The number of carbonyl (C=O) groups excluding carboxylic acids is 1. The first-order valence-electron chi connectivity index (χ1n) is 6.97. The van der Waals surface area contributed by atoms with Gasteiger partial charge in [-0.1, -0.05) is 18.2 Å². The van der Waals surface area contributed by atoms with E-state index in [1.54, 1.807) is 24.3 Å². The molecule has 21 heavy (non-hydrogen) atoms. The summed E-state index contributed by atoms with van der Waals surface area (Å²) in [6.07, 6.45) is 1.53. The van der Waals surface area contributed by atoms with Gasteiger partial charge in [0.25, 0.3) is 11.5 Å². The topological polar surface area (TPSA) is 84.1 Å². The Morgan fingerprint density at radius 2 is 1.95 bits per heavy atom.